The Morgan fingerprint density at radius 2 is 1.90 bits per heavy atom. The monoisotopic (exact) mass is 279 g/mol. The van der Waals surface area contributed by atoms with Crippen LogP contribution in [0.5, 0.6) is 0 Å². The summed E-state index contributed by atoms with van der Waals surface area (Å²) >= 11 is 0. The van der Waals surface area contributed by atoms with Gasteiger partial charge in [0.2, 0.25) is 0 Å². The second kappa shape index (κ2) is 8.35. The Morgan fingerprint density at radius 1 is 1.20 bits per heavy atom. The maximum Gasteiger partial charge on any atom is 0.176 e. The Balaban J connectivity index is 1.96. The lowest BCUT2D eigenvalue weighted by molar-refractivity contribution is 0.280. The molecule has 0 aliphatic heterocycles. The molecule has 0 saturated heterocycles. The van der Waals surface area contributed by atoms with Gasteiger partial charge in [0.1, 0.15) is 0 Å². The summed E-state index contributed by atoms with van der Waals surface area (Å²) in [4.78, 5) is 1.56. The van der Waals surface area contributed by atoms with Gasteiger partial charge in [0.05, 0.1) is 7.05 Å². The van der Waals surface area contributed by atoms with Gasteiger partial charge >= 0.3 is 0 Å². The molecule has 1 atom stereocenters. The molecule has 1 fully saturated rings. The van der Waals surface area contributed by atoms with E-state index in [1.807, 2.05) is 7.05 Å². The summed E-state index contributed by atoms with van der Waals surface area (Å²) in [6.07, 6.45) is 11.8. The van der Waals surface area contributed by atoms with Crippen LogP contribution in [0, 0.1) is 5.92 Å². The number of aryl methyl sites for hydroxylation is 1. The largest absolute Gasteiger partial charge is 0.313 e. The molecule has 1 aliphatic carbocycles. The summed E-state index contributed by atoms with van der Waals surface area (Å²) < 4.78 is 0. The zero-order chi connectivity index (χ0) is 14.2. The molecule has 5 heteroatoms. The molecule has 0 bridgehead atoms. The Bertz CT molecular complexity index is 368. The molecule has 2 rings (SSSR count). The molecule has 1 N–H and O–H groups in total. The lowest BCUT2D eigenvalue weighted by atomic mass is 9.84. The van der Waals surface area contributed by atoms with Crippen molar-refractivity contribution in [3.05, 3.63) is 5.82 Å². The van der Waals surface area contributed by atoms with Crippen LogP contribution in [-0.4, -0.2) is 32.8 Å². The molecule has 20 heavy (non-hydrogen) atoms. The molecule has 0 aromatic carbocycles. The van der Waals surface area contributed by atoms with Crippen molar-refractivity contribution in [3.8, 4) is 0 Å². The number of nitrogens with zero attached hydrogens (tertiary/aromatic N) is 4. The Kier molecular flexibility index (Phi) is 6.43. The van der Waals surface area contributed by atoms with E-state index in [9.17, 15) is 0 Å². The minimum Gasteiger partial charge on any atom is -0.313 e. The number of rotatable bonds is 6. The summed E-state index contributed by atoms with van der Waals surface area (Å²) in [6.45, 7) is 3.31. The third-order valence-corrected chi connectivity index (χ3v) is 4.33. The molecule has 1 unspecified atom stereocenters. The molecule has 1 heterocycles. The van der Waals surface area contributed by atoms with Gasteiger partial charge in [0.25, 0.3) is 0 Å². The van der Waals surface area contributed by atoms with Crippen molar-refractivity contribution < 1.29 is 0 Å². The highest BCUT2D eigenvalue weighted by atomic mass is 15.6. The van der Waals surface area contributed by atoms with Crippen molar-refractivity contribution >= 4 is 0 Å². The number of aromatic nitrogens is 4. The van der Waals surface area contributed by atoms with Crippen molar-refractivity contribution in [2.24, 2.45) is 13.0 Å². The summed E-state index contributed by atoms with van der Waals surface area (Å²) in [5.74, 6) is 1.65. The maximum atomic E-state index is 4.35. The Hall–Kier alpha value is -0.970. The van der Waals surface area contributed by atoms with Crippen LogP contribution in [0.3, 0.4) is 0 Å². The van der Waals surface area contributed by atoms with Crippen LogP contribution >= 0.6 is 0 Å². The molecule has 0 spiro atoms. The van der Waals surface area contributed by atoms with Crippen LogP contribution < -0.4 is 5.32 Å². The predicted molar refractivity (Wildman–Crippen MR) is 80.4 cm³/mol. The molecular formula is C15H29N5. The Morgan fingerprint density at radius 3 is 2.50 bits per heavy atom. The normalized spacial score (nSPS) is 19.5. The molecule has 0 radical (unpaired) electrons. The summed E-state index contributed by atoms with van der Waals surface area (Å²) in [5, 5.41) is 16.2. The second-order valence-corrected chi connectivity index (χ2v) is 6.07. The molecule has 1 aromatic rings. The van der Waals surface area contributed by atoms with Crippen molar-refractivity contribution in [3.63, 3.8) is 0 Å². The van der Waals surface area contributed by atoms with Crippen molar-refractivity contribution in [2.45, 2.75) is 70.8 Å². The van der Waals surface area contributed by atoms with E-state index in [1.54, 1.807) is 4.80 Å². The van der Waals surface area contributed by atoms with E-state index in [2.05, 4.69) is 27.7 Å². The van der Waals surface area contributed by atoms with Crippen molar-refractivity contribution in [1.29, 1.82) is 0 Å². The highest BCUT2D eigenvalue weighted by Crippen LogP contribution is 2.26. The fraction of sp³-hybridized carbons (Fsp3) is 0.933. The van der Waals surface area contributed by atoms with Gasteiger partial charge in [-0.1, -0.05) is 39.0 Å². The average Bonchev–Trinajstić information content (AvgIpc) is 2.80. The third-order valence-electron chi connectivity index (χ3n) is 4.33. The molecule has 5 nitrogen and oxygen atoms in total. The first-order chi connectivity index (χ1) is 9.79. The number of hydrogen-bond acceptors (Lipinski definition) is 4. The summed E-state index contributed by atoms with van der Waals surface area (Å²) in [7, 11) is 1.83. The standard InChI is InChI=1S/C15H29N5/c1-3-11-16-14(12-15-17-19-20(2)18-15)13-9-7-5-4-6-8-10-13/h13-14,16H,3-12H2,1-2H3. The fourth-order valence-corrected chi connectivity index (χ4v) is 3.23. The van der Waals surface area contributed by atoms with E-state index in [0.29, 0.717) is 6.04 Å². The van der Waals surface area contributed by atoms with Crippen LogP contribution in [-0.2, 0) is 13.5 Å². The average molecular weight is 279 g/mol. The third kappa shape index (κ3) is 4.85. The molecule has 0 amide bonds. The Labute approximate surface area is 122 Å². The quantitative estimate of drug-likeness (QED) is 0.869. The second-order valence-electron chi connectivity index (χ2n) is 6.07. The lowest BCUT2D eigenvalue weighted by Crippen LogP contribution is -2.39. The van der Waals surface area contributed by atoms with E-state index in [-0.39, 0.29) is 0 Å². The minimum absolute atomic E-state index is 0.511. The van der Waals surface area contributed by atoms with Gasteiger partial charge in [0, 0.05) is 12.5 Å². The zero-order valence-electron chi connectivity index (χ0n) is 13.0. The van der Waals surface area contributed by atoms with E-state index in [1.165, 1.54) is 51.4 Å². The minimum atomic E-state index is 0.511. The highest BCUT2D eigenvalue weighted by Gasteiger charge is 2.23. The van der Waals surface area contributed by atoms with Crippen molar-refractivity contribution in [2.75, 3.05) is 6.54 Å². The zero-order valence-corrected chi connectivity index (χ0v) is 13.0. The molecule has 1 saturated carbocycles. The fourth-order valence-electron chi connectivity index (χ4n) is 3.23. The van der Waals surface area contributed by atoms with Crippen LogP contribution in [0.4, 0.5) is 0 Å². The first-order valence-corrected chi connectivity index (χ1v) is 8.26. The lowest BCUT2D eigenvalue weighted by Gasteiger charge is -2.29. The topological polar surface area (TPSA) is 55.6 Å². The predicted octanol–water partition coefficient (Wildman–Crippen LogP) is 2.48. The van der Waals surface area contributed by atoms with Crippen LogP contribution in [0.2, 0.25) is 0 Å². The molecular weight excluding hydrogens is 250 g/mol. The molecule has 1 aliphatic rings. The number of hydrogen-bond donors (Lipinski definition) is 1. The van der Waals surface area contributed by atoms with Crippen LogP contribution in [0.25, 0.3) is 0 Å². The van der Waals surface area contributed by atoms with Gasteiger partial charge < -0.3 is 5.32 Å². The summed E-state index contributed by atoms with van der Waals surface area (Å²) in [5.41, 5.74) is 0. The van der Waals surface area contributed by atoms with Crippen molar-refractivity contribution in [1.82, 2.24) is 25.5 Å². The van der Waals surface area contributed by atoms with E-state index in [4.69, 9.17) is 0 Å². The van der Waals surface area contributed by atoms with Gasteiger partial charge in [-0.15, -0.1) is 10.2 Å². The maximum absolute atomic E-state index is 4.35. The van der Waals surface area contributed by atoms with Gasteiger partial charge in [-0.25, -0.2) is 0 Å². The smallest absolute Gasteiger partial charge is 0.176 e. The number of tetrazole rings is 1. The van der Waals surface area contributed by atoms with E-state index >= 15 is 0 Å². The van der Waals surface area contributed by atoms with Crippen LogP contribution in [0.1, 0.15) is 64.1 Å². The van der Waals surface area contributed by atoms with Gasteiger partial charge in [0.15, 0.2) is 5.82 Å². The van der Waals surface area contributed by atoms with Gasteiger partial charge in [-0.05, 0) is 36.9 Å². The highest BCUT2D eigenvalue weighted by molar-refractivity contribution is 4.88. The van der Waals surface area contributed by atoms with Gasteiger partial charge in [-0.2, -0.15) is 4.80 Å². The first kappa shape index (κ1) is 15.4. The van der Waals surface area contributed by atoms with E-state index < -0.39 is 0 Å². The molecule has 1 aromatic heterocycles. The summed E-state index contributed by atoms with van der Waals surface area (Å²) in [6, 6.07) is 0.511. The SMILES string of the molecule is CCCNC(Cc1nnn(C)n1)C1CCCCCCC1. The van der Waals surface area contributed by atoms with Gasteiger partial charge in [-0.3, -0.25) is 0 Å². The molecule has 114 valence electrons. The van der Waals surface area contributed by atoms with E-state index in [0.717, 1.165) is 24.7 Å². The van der Waals surface area contributed by atoms with Crippen LogP contribution in [0.15, 0.2) is 0 Å². The first-order valence-electron chi connectivity index (χ1n) is 8.26. The number of nitrogens with one attached hydrogen (secondary N) is 1.